The minimum atomic E-state index is -0.579. The second kappa shape index (κ2) is 5.85. The van der Waals surface area contributed by atoms with Gasteiger partial charge in [-0.05, 0) is 38.5 Å². The van der Waals surface area contributed by atoms with Crippen LogP contribution in [0.3, 0.4) is 0 Å². The van der Waals surface area contributed by atoms with Gasteiger partial charge in [-0.25, -0.2) is 0 Å². The number of carbonyl (C=O) groups excluding carboxylic acids is 1. The van der Waals surface area contributed by atoms with E-state index >= 15 is 0 Å². The van der Waals surface area contributed by atoms with Crippen molar-refractivity contribution in [2.75, 3.05) is 7.11 Å². The molecule has 0 aromatic rings. The summed E-state index contributed by atoms with van der Waals surface area (Å²) in [5.74, 6) is 1.17. The van der Waals surface area contributed by atoms with E-state index in [4.69, 9.17) is 4.74 Å². The van der Waals surface area contributed by atoms with Crippen molar-refractivity contribution >= 4 is 5.97 Å². The summed E-state index contributed by atoms with van der Waals surface area (Å²) in [6.45, 7) is 8.36. The third-order valence-electron chi connectivity index (χ3n) is 3.92. The summed E-state index contributed by atoms with van der Waals surface area (Å²) in [6, 6.07) is 0.442. The molecule has 1 aliphatic carbocycles. The van der Waals surface area contributed by atoms with Gasteiger partial charge >= 0.3 is 5.97 Å². The van der Waals surface area contributed by atoms with Crippen LogP contribution in [0.4, 0.5) is 0 Å². The van der Waals surface area contributed by atoms with Crippen molar-refractivity contribution in [1.82, 2.24) is 5.32 Å². The fraction of sp³-hybridized carbons (Fsp3) is 0.929. The van der Waals surface area contributed by atoms with Gasteiger partial charge in [0.2, 0.25) is 0 Å². The van der Waals surface area contributed by atoms with Crippen LogP contribution in [0.25, 0.3) is 0 Å². The Morgan fingerprint density at radius 1 is 1.29 bits per heavy atom. The van der Waals surface area contributed by atoms with Gasteiger partial charge in [-0.1, -0.05) is 26.7 Å². The average Bonchev–Trinajstić information content (AvgIpc) is 2.27. The molecule has 0 amide bonds. The molecule has 3 nitrogen and oxygen atoms in total. The van der Waals surface area contributed by atoms with Crippen LogP contribution < -0.4 is 5.32 Å². The van der Waals surface area contributed by atoms with Crippen molar-refractivity contribution in [2.24, 2.45) is 11.8 Å². The Bertz CT molecular complexity index is 261. The van der Waals surface area contributed by atoms with Crippen LogP contribution in [0.2, 0.25) is 0 Å². The van der Waals surface area contributed by atoms with E-state index in [1.807, 2.05) is 13.8 Å². The third kappa shape index (κ3) is 3.70. The van der Waals surface area contributed by atoms with Crippen molar-refractivity contribution in [1.29, 1.82) is 0 Å². The summed E-state index contributed by atoms with van der Waals surface area (Å²) in [5.41, 5.74) is -0.579. The molecule has 1 N–H and O–H groups in total. The molecule has 1 rings (SSSR count). The maximum Gasteiger partial charge on any atom is 0.325 e. The molecule has 100 valence electrons. The van der Waals surface area contributed by atoms with Gasteiger partial charge in [0, 0.05) is 6.04 Å². The monoisotopic (exact) mass is 241 g/mol. The second-order valence-electron chi connectivity index (χ2n) is 6.06. The average molecular weight is 241 g/mol. The Morgan fingerprint density at radius 2 is 1.88 bits per heavy atom. The van der Waals surface area contributed by atoms with E-state index in [1.54, 1.807) is 0 Å². The first-order chi connectivity index (χ1) is 7.88. The van der Waals surface area contributed by atoms with E-state index in [9.17, 15) is 4.79 Å². The highest BCUT2D eigenvalue weighted by Gasteiger charge is 2.35. The predicted octanol–water partition coefficient (Wildman–Crippen LogP) is 2.74. The number of carbonyl (C=O) groups is 1. The predicted molar refractivity (Wildman–Crippen MR) is 69.8 cm³/mol. The Balaban J connectivity index is 2.67. The van der Waals surface area contributed by atoms with Crippen molar-refractivity contribution in [3.8, 4) is 0 Å². The number of hydrogen-bond acceptors (Lipinski definition) is 3. The van der Waals surface area contributed by atoms with Crippen LogP contribution in [0, 0.1) is 11.8 Å². The number of esters is 1. The summed E-state index contributed by atoms with van der Waals surface area (Å²) in [6.07, 6.45) is 5.02. The fourth-order valence-corrected chi connectivity index (χ4v) is 2.91. The molecule has 1 aliphatic rings. The molecule has 1 saturated carbocycles. The normalized spacial score (nSPS) is 26.0. The molecule has 0 heterocycles. The summed E-state index contributed by atoms with van der Waals surface area (Å²) < 4.78 is 4.85. The van der Waals surface area contributed by atoms with E-state index in [1.165, 1.54) is 32.8 Å². The Morgan fingerprint density at radius 3 is 2.41 bits per heavy atom. The fourth-order valence-electron chi connectivity index (χ4n) is 2.91. The van der Waals surface area contributed by atoms with Crippen molar-refractivity contribution in [2.45, 2.75) is 65.0 Å². The van der Waals surface area contributed by atoms with Crippen molar-refractivity contribution < 1.29 is 9.53 Å². The zero-order valence-corrected chi connectivity index (χ0v) is 11.9. The first-order valence-electron chi connectivity index (χ1n) is 6.74. The molecule has 17 heavy (non-hydrogen) atoms. The summed E-state index contributed by atoms with van der Waals surface area (Å²) in [4.78, 5) is 11.7. The lowest BCUT2D eigenvalue weighted by atomic mass is 9.77. The van der Waals surface area contributed by atoms with Gasteiger partial charge < -0.3 is 4.74 Å². The van der Waals surface area contributed by atoms with E-state index in [0.29, 0.717) is 17.9 Å². The standard InChI is InChI=1S/C14H27NO2/c1-10(2)11-8-6-7-9-12(11)15-14(3,4)13(16)17-5/h10-12,15H,6-9H2,1-5H3. The zero-order valence-electron chi connectivity index (χ0n) is 11.9. The van der Waals surface area contributed by atoms with Crippen LogP contribution in [-0.4, -0.2) is 24.7 Å². The Hall–Kier alpha value is -0.570. The highest BCUT2D eigenvalue weighted by molar-refractivity contribution is 5.79. The molecule has 0 aromatic heterocycles. The minimum absolute atomic E-state index is 0.175. The first-order valence-corrected chi connectivity index (χ1v) is 6.74. The molecule has 0 aromatic carbocycles. The van der Waals surface area contributed by atoms with Gasteiger partial charge in [-0.2, -0.15) is 0 Å². The summed E-state index contributed by atoms with van der Waals surface area (Å²) in [5, 5.41) is 3.50. The second-order valence-corrected chi connectivity index (χ2v) is 6.06. The van der Waals surface area contributed by atoms with Crippen molar-refractivity contribution in [3.63, 3.8) is 0 Å². The molecule has 0 aliphatic heterocycles. The summed E-state index contributed by atoms with van der Waals surface area (Å²) in [7, 11) is 1.45. The molecular formula is C14H27NO2. The van der Waals surface area contributed by atoms with Gasteiger partial charge in [0.25, 0.3) is 0 Å². The first kappa shape index (κ1) is 14.5. The van der Waals surface area contributed by atoms with E-state index in [-0.39, 0.29) is 5.97 Å². The van der Waals surface area contributed by atoms with Gasteiger partial charge in [0.15, 0.2) is 0 Å². The highest BCUT2D eigenvalue weighted by Crippen LogP contribution is 2.31. The lowest BCUT2D eigenvalue weighted by molar-refractivity contribution is -0.147. The quantitative estimate of drug-likeness (QED) is 0.769. The Kier molecular flexibility index (Phi) is 4.99. The third-order valence-corrected chi connectivity index (χ3v) is 3.92. The number of methoxy groups -OCH3 is 1. The lowest BCUT2D eigenvalue weighted by Gasteiger charge is -2.39. The smallest absolute Gasteiger partial charge is 0.325 e. The van der Waals surface area contributed by atoms with Crippen molar-refractivity contribution in [3.05, 3.63) is 0 Å². The largest absolute Gasteiger partial charge is 0.468 e. The number of nitrogens with one attached hydrogen (secondary N) is 1. The van der Waals surface area contributed by atoms with Crippen LogP contribution in [0.1, 0.15) is 53.4 Å². The van der Waals surface area contributed by atoms with Gasteiger partial charge in [-0.3, -0.25) is 10.1 Å². The molecule has 2 atom stereocenters. The van der Waals surface area contributed by atoms with Gasteiger partial charge in [0.1, 0.15) is 5.54 Å². The van der Waals surface area contributed by atoms with Crippen LogP contribution in [0.5, 0.6) is 0 Å². The molecule has 0 bridgehead atoms. The van der Waals surface area contributed by atoms with Crippen LogP contribution in [0.15, 0.2) is 0 Å². The van der Waals surface area contributed by atoms with Crippen LogP contribution in [-0.2, 0) is 9.53 Å². The molecule has 0 spiro atoms. The lowest BCUT2D eigenvalue weighted by Crippen LogP contribution is -2.55. The van der Waals surface area contributed by atoms with E-state index < -0.39 is 5.54 Å². The molecule has 2 unspecified atom stereocenters. The summed E-state index contributed by atoms with van der Waals surface area (Å²) >= 11 is 0. The van der Waals surface area contributed by atoms with Gasteiger partial charge in [-0.15, -0.1) is 0 Å². The molecule has 0 saturated heterocycles. The molecule has 3 heteroatoms. The number of ether oxygens (including phenoxy) is 1. The highest BCUT2D eigenvalue weighted by atomic mass is 16.5. The van der Waals surface area contributed by atoms with Gasteiger partial charge in [0.05, 0.1) is 7.11 Å². The van der Waals surface area contributed by atoms with E-state index in [0.717, 1.165) is 0 Å². The van der Waals surface area contributed by atoms with Crippen LogP contribution >= 0.6 is 0 Å². The number of rotatable bonds is 4. The molecular weight excluding hydrogens is 214 g/mol. The topological polar surface area (TPSA) is 38.3 Å². The zero-order chi connectivity index (χ0) is 13.1. The SMILES string of the molecule is COC(=O)C(C)(C)NC1CCCCC1C(C)C. The maximum atomic E-state index is 11.7. The Labute approximate surface area is 105 Å². The number of hydrogen-bond donors (Lipinski definition) is 1. The maximum absolute atomic E-state index is 11.7. The minimum Gasteiger partial charge on any atom is -0.468 e. The van der Waals surface area contributed by atoms with E-state index in [2.05, 4.69) is 19.2 Å². The molecule has 0 radical (unpaired) electrons. The molecule has 1 fully saturated rings.